The maximum Gasteiger partial charge on any atom is 0.261 e. The molecule has 0 radical (unpaired) electrons. The number of thiophene rings is 1. The van der Waals surface area contributed by atoms with Crippen LogP contribution in [-0.4, -0.2) is 25.4 Å². The number of amides is 1. The zero-order chi connectivity index (χ0) is 12.7. The van der Waals surface area contributed by atoms with Gasteiger partial charge in [-0.05, 0) is 12.3 Å². The number of nitrogens with one attached hydrogen (secondary N) is 1. The van der Waals surface area contributed by atoms with Crippen molar-refractivity contribution in [3.63, 3.8) is 0 Å². The third-order valence-electron chi connectivity index (χ3n) is 2.68. The molecular formula is C12H18ClNO2S. The van der Waals surface area contributed by atoms with E-state index >= 15 is 0 Å². The topological polar surface area (TPSA) is 38.3 Å². The smallest absolute Gasteiger partial charge is 0.261 e. The number of ether oxygens (including phenoxy) is 1. The molecule has 0 saturated heterocycles. The Morgan fingerprint density at radius 2 is 2.41 bits per heavy atom. The van der Waals surface area contributed by atoms with E-state index in [1.807, 2.05) is 5.38 Å². The molecular weight excluding hydrogens is 258 g/mol. The van der Waals surface area contributed by atoms with Gasteiger partial charge in [0.2, 0.25) is 0 Å². The third-order valence-corrected chi connectivity index (χ3v) is 3.81. The van der Waals surface area contributed by atoms with Gasteiger partial charge in [-0.25, -0.2) is 0 Å². The van der Waals surface area contributed by atoms with Crippen molar-refractivity contribution in [2.24, 2.45) is 5.92 Å². The number of halogens is 1. The predicted molar refractivity (Wildman–Crippen MR) is 72.3 cm³/mol. The molecule has 1 unspecified atom stereocenters. The van der Waals surface area contributed by atoms with Crippen LogP contribution in [0.3, 0.4) is 0 Å². The fraction of sp³-hybridized carbons (Fsp3) is 0.583. The Kier molecular flexibility index (Phi) is 6.37. The van der Waals surface area contributed by atoms with Gasteiger partial charge in [0.25, 0.3) is 5.91 Å². The van der Waals surface area contributed by atoms with Gasteiger partial charge in [0.05, 0.1) is 12.0 Å². The number of rotatable bonds is 7. The van der Waals surface area contributed by atoms with Crippen LogP contribution in [-0.2, 0) is 0 Å². The van der Waals surface area contributed by atoms with E-state index in [-0.39, 0.29) is 5.91 Å². The van der Waals surface area contributed by atoms with Crippen molar-refractivity contribution < 1.29 is 9.53 Å². The van der Waals surface area contributed by atoms with E-state index in [9.17, 15) is 4.79 Å². The number of hydrogen-bond donors (Lipinski definition) is 1. The molecule has 1 atom stereocenters. The number of carbonyl (C=O) groups is 1. The Labute approximate surface area is 111 Å². The van der Waals surface area contributed by atoms with Gasteiger partial charge in [-0.1, -0.05) is 13.3 Å². The molecule has 3 nitrogen and oxygen atoms in total. The van der Waals surface area contributed by atoms with Crippen LogP contribution in [0.25, 0.3) is 0 Å². The van der Waals surface area contributed by atoms with E-state index in [0.29, 0.717) is 23.2 Å². The minimum Gasteiger partial charge on any atom is -0.496 e. The van der Waals surface area contributed by atoms with Gasteiger partial charge >= 0.3 is 0 Å². The first kappa shape index (κ1) is 14.3. The quantitative estimate of drug-likeness (QED) is 0.777. The summed E-state index contributed by atoms with van der Waals surface area (Å²) in [5.41, 5.74) is 0. The lowest BCUT2D eigenvalue weighted by Crippen LogP contribution is -2.28. The second-order valence-electron chi connectivity index (χ2n) is 3.81. The molecule has 5 heteroatoms. The first-order chi connectivity index (χ1) is 8.21. The highest BCUT2D eigenvalue weighted by atomic mass is 35.5. The molecule has 0 aliphatic carbocycles. The van der Waals surface area contributed by atoms with E-state index < -0.39 is 0 Å². The highest BCUT2D eigenvalue weighted by Crippen LogP contribution is 2.21. The van der Waals surface area contributed by atoms with Crippen LogP contribution >= 0.6 is 22.9 Å². The van der Waals surface area contributed by atoms with Gasteiger partial charge in [-0.3, -0.25) is 4.79 Å². The molecule has 1 aromatic rings. The van der Waals surface area contributed by atoms with E-state index in [1.165, 1.54) is 11.3 Å². The van der Waals surface area contributed by atoms with Gasteiger partial charge in [0.1, 0.15) is 5.75 Å². The van der Waals surface area contributed by atoms with Crippen molar-refractivity contribution in [3.8, 4) is 5.75 Å². The highest BCUT2D eigenvalue weighted by Gasteiger charge is 2.11. The molecule has 1 rings (SSSR count). The predicted octanol–water partition coefficient (Wildman–Crippen LogP) is 3.14. The molecule has 0 saturated carbocycles. The third kappa shape index (κ3) is 4.56. The van der Waals surface area contributed by atoms with Crippen LogP contribution in [0.4, 0.5) is 0 Å². The molecule has 0 aliphatic rings. The van der Waals surface area contributed by atoms with Crippen molar-refractivity contribution in [1.82, 2.24) is 5.32 Å². The summed E-state index contributed by atoms with van der Waals surface area (Å²) in [5.74, 6) is 1.79. The first-order valence-electron chi connectivity index (χ1n) is 5.68. The molecule has 1 aromatic heterocycles. The maximum absolute atomic E-state index is 11.8. The van der Waals surface area contributed by atoms with E-state index in [0.717, 1.165) is 18.6 Å². The molecule has 0 aromatic carbocycles. The van der Waals surface area contributed by atoms with E-state index in [2.05, 4.69) is 12.2 Å². The zero-order valence-corrected chi connectivity index (χ0v) is 11.7. The van der Waals surface area contributed by atoms with Gasteiger partial charge in [0.15, 0.2) is 0 Å². The van der Waals surface area contributed by atoms with Crippen LogP contribution in [0.1, 0.15) is 29.4 Å². The second kappa shape index (κ2) is 7.56. The lowest BCUT2D eigenvalue weighted by atomic mass is 10.0. The molecule has 1 N–H and O–H groups in total. The largest absolute Gasteiger partial charge is 0.496 e. The summed E-state index contributed by atoms with van der Waals surface area (Å²) in [6, 6.07) is 1.75. The molecule has 17 heavy (non-hydrogen) atoms. The van der Waals surface area contributed by atoms with Crippen molar-refractivity contribution in [3.05, 3.63) is 16.3 Å². The monoisotopic (exact) mass is 275 g/mol. The van der Waals surface area contributed by atoms with Crippen LogP contribution in [0.5, 0.6) is 5.75 Å². The zero-order valence-electron chi connectivity index (χ0n) is 10.2. The van der Waals surface area contributed by atoms with Gasteiger partial charge in [-0.15, -0.1) is 22.9 Å². The SMILES string of the molecule is CCC(CCCl)CNC(=O)c1cc(OC)cs1. The second-order valence-corrected chi connectivity index (χ2v) is 5.10. The van der Waals surface area contributed by atoms with Crippen LogP contribution < -0.4 is 10.1 Å². The van der Waals surface area contributed by atoms with Crippen molar-refractivity contribution in [2.75, 3.05) is 19.5 Å². The average molecular weight is 276 g/mol. The summed E-state index contributed by atoms with van der Waals surface area (Å²) in [5, 5.41) is 4.75. The minimum absolute atomic E-state index is 0.0358. The molecule has 1 heterocycles. The Balaban J connectivity index is 2.43. The van der Waals surface area contributed by atoms with Gasteiger partial charge < -0.3 is 10.1 Å². The fourth-order valence-corrected chi connectivity index (χ4v) is 2.55. The fourth-order valence-electron chi connectivity index (χ4n) is 1.47. The van der Waals surface area contributed by atoms with Crippen molar-refractivity contribution >= 4 is 28.8 Å². The summed E-state index contributed by atoms with van der Waals surface area (Å²) in [6.45, 7) is 2.79. The van der Waals surface area contributed by atoms with Crippen LogP contribution in [0.2, 0.25) is 0 Å². The highest BCUT2D eigenvalue weighted by molar-refractivity contribution is 7.12. The number of alkyl halides is 1. The summed E-state index contributed by atoms with van der Waals surface area (Å²) in [6.07, 6.45) is 1.97. The van der Waals surface area contributed by atoms with E-state index in [4.69, 9.17) is 16.3 Å². The Bertz CT molecular complexity index is 354. The minimum atomic E-state index is -0.0358. The van der Waals surface area contributed by atoms with Crippen LogP contribution in [0, 0.1) is 5.92 Å². The average Bonchev–Trinajstić information content (AvgIpc) is 2.82. The molecule has 0 spiro atoms. The molecule has 0 bridgehead atoms. The number of hydrogen-bond acceptors (Lipinski definition) is 3. The number of carbonyl (C=O) groups excluding carboxylic acids is 1. The summed E-state index contributed by atoms with van der Waals surface area (Å²) < 4.78 is 5.04. The molecule has 1 amide bonds. The standard InChI is InChI=1S/C12H18ClNO2S/c1-3-9(4-5-13)7-14-12(15)11-6-10(16-2)8-17-11/h6,8-9H,3-5,7H2,1-2H3,(H,14,15). The summed E-state index contributed by atoms with van der Waals surface area (Å²) in [4.78, 5) is 12.5. The lowest BCUT2D eigenvalue weighted by molar-refractivity contribution is 0.0950. The summed E-state index contributed by atoms with van der Waals surface area (Å²) in [7, 11) is 1.59. The molecule has 0 fully saturated rings. The molecule has 96 valence electrons. The van der Waals surface area contributed by atoms with Crippen LogP contribution in [0.15, 0.2) is 11.4 Å². The Morgan fingerprint density at radius 1 is 1.65 bits per heavy atom. The van der Waals surface area contributed by atoms with Crippen molar-refractivity contribution in [1.29, 1.82) is 0 Å². The number of methoxy groups -OCH3 is 1. The maximum atomic E-state index is 11.8. The van der Waals surface area contributed by atoms with E-state index in [1.54, 1.807) is 13.2 Å². The first-order valence-corrected chi connectivity index (χ1v) is 7.09. The lowest BCUT2D eigenvalue weighted by Gasteiger charge is -2.13. The molecule has 0 aliphatic heterocycles. The van der Waals surface area contributed by atoms with Gasteiger partial charge in [-0.2, -0.15) is 0 Å². The normalized spacial score (nSPS) is 12.2. The van der Waals surface area contributed by atoms with Crippen molar-refractivity contribution in [2.45, 2.75) is 19.8 Å². The Hall–Kier alpha value is -0.740. The van der Waals surface area contributed by atoms with Gasteiger partial charge in [0, 0.05) is 23.9 Å². The summed E-state index contributed by atoms with van der Waals surface area (Å²) >= 11 is 7.09. The Morgan fingerprint density at radius 3 is 2.94 bits per heavy atom.